The number of para-hydroxylation sites is 3. The Hall–Kier alpha value is -3.83. The number of anilines is 2. The topological polar surface area (TPSA) is 46.6 Å². The maximum atomic E-state index is 13.6. The molecule has 0 spiro atoms. The van der Waals surface area contributed by atoms with Gasteiger partial charge in [-0.1, -0.05) is 78.9 Å². The van der Waals surface area contributed by atoms with Crippen molar-refractivity contribution in [3.63, 3.8) is 0 Å². The van der Waals surface area contributed by atoms with E-state index in [1.165, 1.54) is 4.31 Å². The summed E-state index contributed by atoms with van der Waals surface area (Å²) in [6, 6.07) is 32.8. The molecular weight excluding hydrogens is 418 g/mol. The molecule has 0 radical (unpaired) electrons. The third kappa shape index (κ3) is 4.58. The van der Waals surface area contributed by atoms with Crippen molar-refractivity contribution in [2.75, 3.05) is 11.4 Å². The van der Waals surface area contributed by atoms with Crippen LogP contribution in [0.4, 0.5) is 11.4 Å². The van der Waals surface area contributed by atoms with E-state index in [0.29, 0.717) is 11.4 Å². The van der Waals surface area contributed by atoms with Gasteiger partial charge in [0, 0.05) is 5.56 Å². The van der Waals surface area contributed by atoms with Crippen molar-refractivity contribution in [1.29, 1.82) is 0 Å². The predicted molar refractivity (Wildman–Crippen MR) is 131 cm³/mol. The van der Waals surface area contributed by atoms with E-state index in [4.69, 9.17) is 4.74 Å². The van der Waals surface area contributed by atoms with Gasteiger partial charge in [-0.2, -0.15) is 0 Å². The first-order chi connectivity index (χ1) is 15.6. The molecule has 0 saturated heterocycles. The lowest BCUT2D eigenvalue weighted by Gasteiger charge is -2.24. The first-order valence-corrected chi connectivity index (χ1v) is 11.6. The van der Waals surface area contributed by atoms with E-state index in [9.17, 15) is 8.42 Å². The molecule has 4 aromatic rings. The average Bonchev–Trinajstić information content (AvgIpc) is 2.84. The second kappa shape index (κ2) is 9.54. The summed E-state index contributed by atoms with van der Waals surface area (Å²) in [5, 5.41) is 0. The van der Waals surface area contributed by atoms with Crippen molar-refractivity contribution >= 4 is 33.6 Å². The molecule has 0 heterocycles. The highest BCUT2D eigenvalue weighted by molar-refractivity contribution is 7.93. The van der Waals surface area contributed by atoms with Gasteiger partial charge in [-0.3, -0.25) is 0 Å². The van der Waals surface area contributed by atoms with Gasteiger partial charge < -0.3 is 4.74 Å². The largest absolute Gasteiger partial charge is 0.496 e. The molecule has 0 atom stereocenters. The van der Waals surface area contributed by atoms with Gasteiger partial charge in [0.1, 0.15) is 5.75 Å². The molecule has 0 aliphatic carbocycles. The highest BCUT2D eigenvalue weighted by Crippen LogP contribution is 2.32. The Kier molecular flexibility index (Phi) is 6.38. The second-order valence-corrected chi connectivity index (χ2v) is 8.87. The fourth-order valence-corrected chi connectivity index (χ4v) is 4.89. The lowest BCUT2D eigenvalue weighted by Crippen LogP contribution is -2.26. The molecule has 4 aromatic carbocycles. The van der Waals surface area contributed by atoms with E-state index < -0.39 is 10.0 Å². The Labute approximate surface area is 189 Å². The monoisotopic (exact) mass is 441 g/mol. The molecule has 160 valence electrons. The number of hydrogen-bond acceptors (Lipinski definition) is 3. The molecule has 0 aliphatic heterocycles. The van der Waals surface area contributed by atoms with Gasteiger partial charge in [-0.25, -0.2) is 12.7 Å². The summed E-state index contributed by atoms with van der Waals surface area (Å²) in [6.45, 7) is 0. The fourth-order valence-electron chi connectivity index (χ4n) is 3.40. The molecule has 4 rings (SSSR count). The van der Waals surface area contributed by atoms with Crippen LogP contribution in [-0.2, 0) is 10.0 Å². The standard InChI is InChI=1S/C27H23NO3S/c1-31-27-15-9-8-10-23(27)19-16-22-17-20-26(21-18-22)32(29,30)28(24-11-4-2-5-12-24)25-13-6-3-7-14-25/h2-21H,1H3/b19-16+. The minimum Gasteiger partial charge on any atom is -0.496 e. The summed E-state index contributed by atoms with van der Waals surface area (Å²) in [7, 11) is -2.18. The number of rotatable bonds is 7. The third-order valence-electron chi connectivity index (χ3n) is 4.99. The zero-order chi connectivity index (χ0) is 22.4. The van der Waals surface area contributed by atoms with Crippen LogP contribution in [0, 0.1) is 0 Å². The Bertz CT molecular complexity index is 1260. The first-order valence-electron chi connectivity index (χ1n) is 10.2. The van der Waals surface area contributed by atoms with Crippen LogP contribution < -0.4 is 9.04 Å². The van der Waals surface area contributed by atoms with Crippen molar-refractivity contribution < 1.29 is 13.2 Å². The lowest BCUT2D eigenvalue weighted by molar-refractivity contribution is 0.414. The van der Waals surface area contributed by atoms with Crippen molar-refractivity contribution in [1.82, 2.24) is 0 Å². The van der Waals surface area contributed by atoms with Crippen LogP contribution in [0.25, 0.3) is 12.2 Å². The van der Waals surface area contributed by atoms with Gasteiger partial charge in [0.2, 0.25) is 0 Å². The van der Waals surface area contributed by atoms with Crippen LogP contribution in [0.2, 0.25) is 0 Å². The van der Waals surface area contributed by atoms with Crippen LogP contribution in [0.3, 0.4) is 0 Å². The van der Waals surface area contributed by atoms with Crippen molar-refractivity contribution in [2.24, 2.45) is 0 Å². The van der Waals surface area contributed by atoms with Crippen LogP contribution in [0.15, 0.2) is 114 Å². The Morgan fingerprint density at radius 2 is 1.19 bits per heavy atom. The minimum absolute atomic E-state index is 0.222. The van der Waals surface area contributed by atoms with E-state index in [-0.39, 0.29) is 4.90 Å². The van der Waals surface area contributed by atoms with Crippen LogP contribution in [0.5, 0.6) is 5.75 Å². The predicted octanol–water partition coefficient (Wildman–Crippen LogP) is 6.39. The molecule has 0 aliphatic rings. The van der Waals surface area contributed by atoms with Gasteiger partial charge in [0.05, 0.1) is 23.4 Å². The maximum absolute atomic E-state index is 13.6. The summed E-state index contributed by atoms with van der Waals surface area (Å²) in [5.74, 6) is 0.782. The number of benzene rings is 4. The normalized spacial score (nSPS) is 11.4. The fraction of sp³-hybridized carbons (Fsp3) is 0.0370. The summed E-state index contributed by atoms with van der Waals surface area (Å²) in [5.41, 5.74) is 3.00. The number of hydrogen-bond donors (Lipinski definition) is 0. The number of ether oxygens (including phenoxy) is 1. The van der Waals surface area contributed by atoms with Crippen molar-refractivity contribution in [3.8, 4) is 5.75 Å². The van der Waals surface area contributed by atoms with E-state index in [1.54, 1.807) is 55.6 Å². The molecule has 0 fully saturated rings. The summed E-state index contributed by atoms with van der Waals surface area (Å²) in [4.78, 5) is 0.222. The van der Waals surface area contributed by atoms with Gasteiger partial charge in [0.15, 0.2) is 0 Å². The average molecular weight is 442 g/mol. The highest BCUT2D eigenvalue weighted by Gasteiger charge is 2.26. The van der Waals surface area contributed by atoms with E-state index >= 15 is 0 Å². The molecule has 0 amide bonds. The molecule has 0 N–H and O–H groups in total. The Morgan fingerprint density at radius 3 is 1.75 bits per heavy atom. The minimum atomic E-state index is -3.81. The second-order valence-electron chi connectivity index (χ2n) is 7.08. The highest BCUT2D eigenvalue weighted by atomic mass is 32.2. The van der Waals surface area contributed by atoms with Gasteiger partial charge >= 0.3 is 0 Å². The zero-order valence-electron chi connectivity index (χ0n) is 17.6. The number of nitrogens with zero attached hydrogens (tertiary/aromatic N) is 1. The van der Waals surface area contributed by atoms with Gasteiger partial charge in [-0.05, 0) is 48.0 Å². The Morgan fingerprint density at radius 1 is 0.656 bits per heavy atom. The van der Waals surface area contributed by atoms with Crippen LogP contribution in [-0.4, -0.2) is 15.5 Å². The van der Waals surface area contributed by atoms with Crippen molar-refractivity contribution in [2.45, 2.75) is 4.90 Å². The van der Waals surface area contributed by atoms with E-state index in [0.717, 1.165) is 16.9 Å². The zero-order valence-corrected chi connectivity index (χ0v) is 18.4. The summed E-state index contributed by atoms with van der Waals surface area (Å²) >= 11 is 0. The molecule has 0 unspecified atom stereocenters. The third-order valence-corrected chi connectivity index (χ3v) is 6.76. The van der Waals surface area contributed by atoms with E-state index in [1.807, 2.05) is 72.8 Å². The molecule has 0 bridgehead atoms. The first kappa shape index (κ1) is 21.4. The van der Waals surface area contributed by atoms with Gasteiger partial charge in [0.25, 0.3) is 10.0 Å². The number of sulfonamides is 1. The molecule has 0 aromatic heterocycles. The molecule has 0 saturated carbocycles. The SMILES string of the molecule is COc1ccccc1/C=C/c1ccc(S(=O)(=O)N(c2ccccc2)c2ccccc2)cc1. The maximum Gasteiger partial charge on any atom is 0.268 e. The van der Waals surface area contributed by atoms with Crippen LogP contribution >= 0.6 is 0 Å². The molecular formula is C27H23NO3S. The summed E-state index contributed by atoms with van der Waals surface area (Å²) in [6.07, 6.45) is 3.88. The van der Waals surface area contributed by atoms with Gasteiger partial charge in [-0.15, -0.1) is 0 Å². The van der Waals surface area contributed by atoms with Crippen molar-refractivity contribution in [3.05, 3.63) is 120 Å². The smallest absolute Gasteiger partial charge is 0.268 e. The molecule has 32 heavy (non-hydrogen) atoms. The Balaban J connectivity index is 1.66. The molecule has 5 heteroatoms. The molecule has 4 nitrogen and oxygen atoms in total. The van der Waals surface area contributed by atoms with Crippen LogP contribution in [0.1, 0.15) is 11.1 Å². The van der Waals surface area contributed by atoms with E-state index in [2.05, 4.69) is 0 Å². The quantitative estimate of drug-likeness (QED) is 0.312. The lowest BCUT2D eigenvalue weighted by atomic mass is 10.1. The number of methoxy groups -OCH3 is 1. The summed E-state index contributed by atoms with van der Waals surface area (Å²) < 4.78 is 33.9.